The second-order valence-corrected chi connectivity index (χ2v) is 8.75. The van der Waals surface area contributed by atoms with Crippen LogP contribution in [0.5, 0.6) is 5.75 Å². The van der Waals surface area contributed by atoms with Gasteiger partial charge in [0.2, 0.25) is 0 Å². The van der Waals surface area contributed by atoms with Crippen molar-refractivity contribution >= 4 is 24.8 Å². The Morgan fingerprint density at radius 3 is 2.74 bits per heavy atom. The van der Waals surface area contributed by atoms with E-state index in [-0.39, 0.29) is 24.8 Å². The van der Waals surface area contributed by atoms with Crippen molar-refractivity contribution in [3.63, 3.8) is 0 Å². The van der Waals surface area contributed by atoms with Crippen molar-refractivity contribution in [2.75, 3.05) is 20.2 Å². The van der Waals surface area contributed by atoms with Crippen LogP contribution in [0.15, 0.2) is 18.2 Å². The Morgan fingerprint density at radius 1 is 1.19 bits per heavy atom. The molecule has 3 aliphatic carbocycles. The van der Waals surface area contributed by atoms with Gasteiger partial charge in [0.15, 0.2) is 0 Å². The van der Waals surface area contributed by atoms with Crippen LogP contribution in [-0.2, 0) is 6.42 Å². The Morgan fingerprint density at radius 2 is 2.00 bits per heavy atom. The van der Waals surface area contributed by atoms with Crippen molar-refractivity contribution in [1.29, 1.82) is 0 Å². The third-order valence-electron chi connectivity index (χ3n) is 7.71. The van der Waals surface area contributed by atoms with Gasteiger partial charge in [-0.2, -0.15) is 0 Å². The Kier molecular flexibility index (Phi) is 7.89. The van der Waals surface area contributed by atoms with Gasteiger partial charge in [0.1, 0.15) is 5.75 Å². The highest BCUT2D eigenvalue weighted by molar-refractivity contribution is 5.85. The van der Waals surface area contributed by atoms with Gasteiger partial charge in [0.05, 0.1) is 7.11 Å². The van der Waals surface area contributed by atoms with Crippen molar-refractivity contribution in [3.8, 4) is 5.75 Å². The SMILES string of the molecule is COc1ccc2c(c1)CC[C@@H]1[C@@H]2CC[C@]2(C)[C@@H](NCCCN)CC[C@@H]12.Cl.Cl. The molecule has 1 aromatic rings. The summed E-state index contributed by atoms with van der Waals surface area (Å²) in [6.45, 7) is 4.45. The van der Waals surface area contributed by atoms with Gasteiger partial charge < -0.3 is 15.8 Å². The maximum atomic E-state index is 5.68. The highest BCUT2D eigenvalue weighted by Crippen LogP contribution is 2.60. The fourth-order valence-electron chi connectivity index (χ4n) is 6.40. The minimum absolute atomic E-state index is 0. The molecule has 5 atom stereocenters. The monoisotopic (exact) mass is 414 g/mol. The Hall–Kier alpha value is -0.480. The zero-order valence-corrected chi connectivity index (χ0v) is 18.3. The fourth-order valence-corrected chi connectivity index (χ4v) is 6.40. The summed E-state index contributed by atoms with van der Waals surface area (Å²) >= 11 is 0. The van der Waals surface area contributed by atoms with E-state index in [2.05, 4.69) is 30.4 Å². The molecule has 0 spiro atoms. The summed E-state index contributed by atoms with van der Waals surface area (Å²) < 4.78 is 5.45. The highest BCUT2D eigenvalue weighted by Gasteiger charge is 2.54. The molecule has 0 unspecified atom stereocenters. The van der Waals surface area contributed by atoms with Gasteiger partial charge in [-0.15, -0.1) is 24.8 Å². The molecule has 3 nitrogen and oxygen atoms in total. The lowest BCUT2D eigenvalue weighted by molar-refractivity contribution is 0.0413. The smallest absolute Gasteiger partial charge is 0.119 e. The standard InChI is InChI=1S/C22H34N2O.2ClH/c1-22-11-10-18-17-7-5-16(25-2)14-15(17)4-6-19(18)20(22)8-9-21(22)24-13-3-12-23;;/h5,7,14,18-21,24H,3-4,6,8-13,23H2,1-2H3;2*1H/t18-,19-,20+,21+,22+;;/m1../s1. The molecule has 3 aliphatic rings. The van der Waals surface area contributed by atoms with Crippen LogP contribution in [-0.4, -0.2) is 26.2 Å². The van der Waals surface area contributed by atoms with Gasteiger partial charge in [0.25, 0.3) is 0 Å². The van der Waals surface area contributed by atoms with Crippen molar-refractivity contribution in [1.82, 2.24) is 5.32 Å². The van der Waals surface area contributed by atoms with Crippen molar-refractivity contribution in [2.45, 2.75) is 63.8 Å². The van der Waals surface area contributed by atoms with Gasteiger partial charge in [-0.25, -0.2) is 0 Å². The lowest BCUT2D eigenvalue weighted by atomic mass is 9.55. The van der Waals surface area contributed by atoms with Gasteiger partial charge in [0, 0.05) is 6.04 Å². The molecule has 3 N–H and O–H groups in total. The molecule has 1 aromatic carbocycles. The van der Waals surface area contributed by atoms with E-state index in [1.807, 2.05) is 0 Å². The summed E-state index contributed by atoms with van der Waals surface area (Å²) in [6, 6.07) is 7.51. The molecule has 2 fully saturated rings. The number of methoxy groups -OCH3 is 1. The molecule has 154 valence electrons. The maximum Gasteiger partial charge on any atom is 0.119 e. The summed E-state index contributed by atoms with van der Waals surface area (Å²) in [7, 11) is 1.77. The first-order chi connectivity index (χ1) is 12.2. The minimum Gasteiger partial charge on any atom is -0.497 e. The molecular formula is C22H36Cl2N2O. The predicted molar refractivity (Wildman–Crippen MR) is 118 cm³/mol. The van der Waals surface area contributed by atoms with E-state index in [0.29, 0.717) is 11.5 Å². The van der Waals surface area contributed by atoms with Crippen LogP contribution in [0, 0.1) is 17.3 Å². The average Bonchev–Trinajstić information content (AvgIpc) is 2.98. The van der Waals surface area contributed by atoms with Crippen LogP contribution in [0.1, 0.15) is 62.5 Å². The number of nitrogens with one attached hydrogen (secondary N) is 1. The van der Waals surface area contributed by atoms with E-state index < -0.39 is 0 Å². The van der Waals surface area contributed by atoms with Gasteiger partial charge in [-0.1, -0.05) is 13.0 Å². The number of halogens is 2. The molecule has 0 saturated heterocycles. The van der Waals surface area contributed by atoms with E-state index in [1.54, 1.807) is 18.2 Å². The average molecular weight is 415 g/mol. The maximum absolute atomic E-state index is 5.68. The first-order valence-electron chi connectivity index (χ1n) is 10.3. The zero-order chi connectivity index (χ0) is 17.4. The van der Waals surface area contributed by atoms with E-state index in [1.165, 1.54) is 38.5 Å². The van der Waals surface area contributed by atoms with Gasteiger partial charge >= 0.3 is 0 Å². The molecular weight excluding hydrogens is 379 g/mol. The Labute approximate surface area is 177 Å². The molecule has 0 aliphatic heterocycles. The molecule has 0 bridgehead atoms. The lowest BCUT2D eigenvalue weighted by Gasteiger charge is -2.51. The third-order valence-corrected chi connectivity index (χ3v) is 7.71. The van der Waals surface area contributed by atoms with E-state index in [0.717, 1.165) is 43.0 Å². The number of benzene rings is 1. The molecule has 4 rings (SSSR count). The normalized spacial score (nSPS) is 33.7. The summed E-state index contributed by atoms with van der Waals surface area (Å²) in [6.07, 6.45) is 9.16. The second kappa shape index (κ2) is 9.35. The Balaban J connectivity index is 0.00000131. The number of aryl methyl sites for hydroxylation is 1. The number of nitrogens with two attached hydrogens (primary N) is 1. The van der Waals surface area contributed by atoms with Crippen LogP contribution < -0.4 is 15.8 Å². The summed E-state index contributed by atoms with van der Waals surface area (Å²) in [5, 5.41) is 3.86. The lowest BCUT2D eigenvalue weighted by Crippen LogP contribution is -2.49. The minimum atomic E-state index is 0. The molecule has 5 heteroatoms. The summed E-state index contributed by atoms with van der Waals surface area (Å²) in [5.41, 5.74) is 9.33. The molecule has 27 heavy (non-hydrogen) atoms. The number of ether oxygens (including phenoxy) is 1. The van der Waals surface area contributed by atoms with Crippen LogP contribution >= 0.6 is 24.8 Å². The molecule has 0 amide bonds. The fraction of sp³-hybridized carbons (Fsp3) is 0.727. The van der Waals surface area contributed by atoms with E-state index in [4.69, 9.17) is 10.5 Å². The van der Waals surface area contributed by atoms with Crippen molar-refractivity contribution in [3.05, 3.63) is 29.3 Å². The van der Waals surface area contributed by atoms with Gasteiger partial charge in [-0.3, -0.25) is 0 Å². The van der Waals surface area contributed by atoms with Crippen LogP contribution in [0.4, 0.5) is 0 Å². The molecule has 0 heterocycles. The molecule has 2 saturated carbocycles. The third kappa shape index (κ3) is 3.99. The molecule has 0 radical (unpaired) electrons. The van der Waals surface area contributed by atoms with Crippen LogP contribution in [0.2, 0.25) is 0 Å². The predicted octanol–water partition coefficient (Wildman–Crippen LogP) is 4.70. The van der Waals surface area contributed by atoms with Gasteiger partial charge in [-0.05, 0) is 104 Å². The highest BCUT2D eigenvalue weighted by atomic mass is 35.5. The second-order valence-electron chi connectivity index (χ2n) is 8.75. The number of fused-ring (bicyclic) bond motifs is 5. The molecule has 0 aromatic heterocycles. The van der Waals surface area contributed by atoms with E-state index in [9.17, 15) is 0 Å². The Bertz CT molecular complexity index is 626. The van der Waals surface area contributed by atoms with Crippen molar-refractivity contribution < 1.29 is 4.74 Å². The quantitative estimate of drug-likeness (QED) is 0.686. The van der Waals surface area contributed by atoms with E-state index >= 15 is 0 Å². The largest absolute Gasteiger partial charge is 0.497 e. The van der Waals surface area contributed by atoms with Crippen LogP contribution in [0.3, 0.4) is 0 Å². The first-order valence-corrected chi connectivity index (χ1v) is 10.3. The topological polar surface area (TPSA) is 47.3 Å². The number of rotatable bonds is 5. The zero-order valence-electron chi connectivity index (χ0n) is 16.7. The summed E-state index contributed by atoms with van der Waals surface area (Å²) in [4.78, 5) is 0. The summed E-state index contributed by atoms with van der Waals surface area (Å²) in [5.74, 6) is 3.55. The van der Waals surface area contributed by atoms with Crippen molar-refractivity contribution in [2.24, 2.45) is 23.0 Å². The van der Waals surface area contributed by atoms with Crippen LogP contribution in [0.25, 0.3) is 0 Å². The number of hydrogen-bond donors (Lipinski definition) is 2. The first kappa shape index (κ1) is 22.8. The number of hydrogen-bond acceptors (Lipinski definition) is 3.